The lowest BCUT2D eigenvalue weighted by Gasteiger charge is -2.04. The van der Waals surface area contributed by atoms with Crippen LogP contribution >= 0.6 is 11.5 Å². The Morgan fingerprint density at radius 1 is 1.53 bits per heavy atom. The van der Waals surface area contributed by atoms with Crippen molar-refractivity contribution in [1.82, 2.24) is 9.59 Å². The van der Waals surface area contributed by atoms with E-state index in [4.69, 9.17) is 5.73 Å². The largest absolute Gasteiger partial charge is 0.320 e. The van der Waals surface area contributed by atoms with Crippen LogP contribution in [0.2, 0.25) is 0 Å². The fourth-order valence-electron chi connectivity index (χ4n) is 1.30. The number of hydrogen-bond acceptors (Lipinski definition) is 5. The monoisotopic (exact) mass is 276 g/mol. The highest BCUT2D eigenvalue weighted by atomic mass is 32.1. The van der Waals surface area contributed by atoms with Crippen molar-refractivity contribution in [2.75, 3.05) is 11.9 Å². The van der Waals surface area contributed by atoms with Gasteiger partial charge in [0.2, 0.25) is 0 Å². The average molecular weight is 276 g/mol. The predicted octanol–water partition coefficient (Wildman–Crippen LogP) is 1.24. The van der Waals surface area contributed by atoms with Crippen molar-refractivity contribution in [2.45, 2.75) is 0 Å². The molecule has 1 aromatic carbocycles. The van der Waals surface area contributed by atoms with E-state index in [1.165, 1.54) is 17.5 Å². The van der Waals surface area contributed by atoms with Gasteiger partial charge in [-0.15, -0.1) is 5.10 Å². The molecule has 1 aromatic heterocycles. The molecule has 0 radical (unpaired) electrons. The van der Waals surface area contributed by atoms with Crippen LogP contribution in [0.4, 0.5) is 10.1 Å². The van der Waals surface area contributed by atoms with E-state index in [9.17, 15) is 9.18 Å². The van der Waals surface area contributed by atoms with Gasteiger partial charge >= 0.3 is 0 Å². The van der Waals surface area contributed by atoms with Crippen LogP contribution in [0.1, 0.15) is 16.1 Å². The van der Waals surface area contributed by atoms with E-state index in [-0.39, 0.29) is 17.9 Å². The Hall–Kier alpha value is -2.30. The third-order valence-electron chi connectivity index (χ3n) is 2.14. The fourth-order valence-corrected chi connectivity index (χ4v) is 1.73. The molecule has 0 spiro atoms. The summed E-state index contributed by atoms with van der Waals surface area (Å²) in [5, 5.41) is 7.49. The maximum absolute atomic E-state index is 13.7. The lowest BCUT2D eigenvalue weighted by Crippen LogP contribution is -2.13. The van der Waals surface area contributed by atoms with Crippen LogP contribution in [0, 0.1) is 17.7 Å². The average Bonchev–Trinajstić information content (AvgIpc) is 2.93. The molecule has 0 atom stereocenters. The molecule has 0 saturated carbocycles. The number of hydrogen-bond donors (Lipinski definition) is 2. The number of carbonyl (C=O) groups excluding carboxylic acids is 1. The Balaban J connectivity index is 2.15. The highest BCUT2D eigenvalue weighted by molar-refractivity contribution is 7.03. The van der Waals surface area contributed by atoms with Gasteiger partial charge < -0.3 is 11.1 Å². The molecule has 2 rings (SSSR count). The molecule has 19 heavy (non-hydrogen) atoms. The quantitative estimate of drug-likeness (QED) is 0.809. The third kappa shape index (κ3) is 3.34. The van der Waals surface area contributed by atoms with Crippen LogP contribution in [-0.4, -0.2) is 22.0 Å². The molecular weight excluding hydrogens is 267 g/mol. The number of anilines is 1. The molecule has 2 aromatic rings. The van der Waals surface area contributed by atoms with Crippen molar-refractivity contribution in [3.8, 4) is 11.8 Å². The fraction of sp³-hybridized carbons (Fsp3) is 0.0833. The van der Waals surface area contributed by atoms with E-state index >= 15 is 0 Å². The van der Waals surface area contributed by atoms with E-state index in [1.54, 1.807) is 6.07 Å². The van der Waals surface area contributed by atoms with Gasteiger partial charge in [-0.25, -0.2) is 4.39 Å². The van der Waals surface area contributed by atoms with Gasteiger partial charge in [-0.05, 0) is 29.7 Å². The molecule has 5 nitrogen and oxygen atoms in total. The van der Waals surface area contributed by atoms with E-state index in [0.717, 1.165) is 11.5 Å². The molecule has 1 amide bonds. The topological polar surface area (TPSA) is 80.9 Å². The third-order valence-corrected chi connectivity index (χ3v) is 2.65. The van der Waals surface area contributed by atoms with Gasteiger partial charge in [0.15, 0.2) is 5.69 Å². The minimum atomic E-state index is -0.569. The number of nitrogens with two attached hydrogens (primary N) is 1. The molecule has 0 aliphatic rings. The number of carbonyl (C=O) groups is 1. The van der Waals surface area contributed by atoms with Crippen LogP contribution < -0.4 is 11.1 Å². The van der Waals surface area contributed by atoms with Crippen molar-refractivity contribution in [3.63, 3.8) is 0 Å². The van der Waals surface area contributed by atoms with Crippen molar-refractivity contribution < 1.29 is 9.18 Å². The molecule has 7 heteroatoms. The predicted molar refractivity (Wildman–Crippen MR) is 70.2 cm³/mol. The first-order chi connectivity index (χ1) is 9.20. The number of halogens is 1. The van der Waals surface area contributed by atoms with Gasteiger partial charge in [0, 0.05) is 10.9 Å². The van der Waals surface area contributed by atoms with Crippen molar-refractivity contribution in [3.05, 3.63) is 40.7 Å². The molecule has 0 aliphatic heterocycles. The maximum Gasteiger partial charge on any atom is 0.277 e. The maximum atomic E-state index is 13.7. The summed E-state index contributed by atoms with van der Waals surface area (Å²) < 4.78 is 17.3. The summed E-state index contributed by atoms with van der Waals surface area (Å²) in [7, 11) is 0. The Kier molecular flexibility index (Phi) is 4.18. The second-order valence-corrected chi connectivity index (χ2v) is 4.05. The zero-order valence-electron chi connectivity index (χ0n) is 9.68. The SMILES string of the molecule is NCC#Cc1ccc(NC(=O)c2csnn2)c(F)c1. The van der Waals surface area contributed by atoms with Crippen LogP contribution in [0.25, 0.3) is 0 Å². The summed E-state index contributed by atoms with van der Waals surface area (Å²) in [6, 6.07) is 4.27. The van der Waals surface area contributed by atoms with E-state index in [0.29, 0.717) is 5.56 Å². The molecule has 1 heterocycles. The Bertz CT molecular complexity index is 645. The van der Waals surface area contributed by atoms with Gasteiger partial charge in [0.05, 0.1) is 12.2 Å². The second-order valence-electron chi connectivity index (χ2n) is 3.44. The highest BCUT2D eigenvalue weighted by Gasteiger charge is 2.11. The van der Waals surface area contributed by atoms with Crippen LogP contribution in [0.15, 0.2) is 23.6 Å². The van der Waals surface area contributed by atoms with Gasteiger partial charge in [-0.3, -0.25) is 4.79 Å². The van der Waals surface area contributed by atoms with Crippen molar-refractivity contribution in [1.29, 1.82) is 0 Å². The number of nitrogens with zero attached hydrogens (tertiary/aromatic N) is 2. The number of rotatable bonds is 2. The van der Waals surface area contributed by atoms with E-state index < -0.39 is 11.7 Å². The summed E-state index contributed by atoms with van der Waals surface area (Å²) in [5.41, 5.74) is 5.94. The van der Waals surface area contributed by atoms with Crippen molar-refractivity contribution >= 4 is 23.1 Å². The van der Waals surface area contributed by atoms with Crippen LogP contribution in [0.5, 0.6) is 0 Å². The van der Waals surface area contributed by atoms with Crippen molar-refractivity contribution in [2.24, 2.45) is 5.73 Å². The number of aromatic nitrogens is 2. The minimum Gasteiger partial charge on any atom is -0.320 e. The summed E-state index contributed by atoms with van der Waals surface area (Å²) >= 11 is 1.05. The summed E-state index contributed by atoms with van der Waals surface area (Å²) in [4.78, 5) is 11.7. The Morgan fingerprint density at radius 2 is 2.37 bits per heavy atom. The van der Waals surface area contributed by atoms with E-state index in [2.05, 4.69) is 26.7 Å². The molecule has 0 fully saturated rings. The lowest BCUT2D eigenvalue weighted by molar-refractivity contribution is 0.102. The van der Waals surface area contributed by atoms with Crippen LogP contribution in [-0.2, 0) is 0 Å². The van der Waals surface area contributed by atoms with E-state index in [1.807, 2.05) is 0 Å². The number of nitrogens with one attached hydrogen (secondary N) is 1. The molecule has 0 unspecified atom stereocenters. The molecule has 0 bridgehead atoms. The minimum absolute atomic E-state index is 0.0660. The van der Waals surface area contributed by atoms with Gasteiger partial charge in [-0.2, -0.15) is 0 Å². The normalized spacial score (nSPS) is 9.58. The highest BCUT2D eigenvalue weighted by Crippen LogP contribution is 2.16. The first-order valence-electron chi connectivity index (χ1n) is 5.27. The van der Waals surface area contributed by atoms with Gasteiger partial charge in [-0.1, -0.05) is 16.3 Å². The first kappa shape index (κ1) is 13.1. The second kappa shape index (κ2) is 6.04. The smallest absolute Gasteiger partial charge is 0.277 e. The molecular formula is C12H9FN4OS. The molecule has 0 saturated heterocycles. The van der Waals surface area contributed by atoms with Gasteiger partial charge in [0.25, 0.3) is 5.91 Å². The first-order valence-corrected chi connectivity index (χ1v) is 6.11. The van der Waals surface area contributed by atoms with Crippen LogP contribution in [0.3, 0.4) is 0 Å². The molecule has 3 N–H and O–H groups in total. The molecule has 96 valence electrons. The summed E-state index contributed by atoms with van der Waals surface area (Å²) in [6.07, 6.45) is 0. The number of amides is 1. The Labute approximate surface area is 112 Å². The molecule has 0 aliphatic carbocycles. The Morgan fingerprint density at radius 3 is 3.00 bits per heavy atom. The van der Waals surface area contributed by atoms with Gasteiger partial charge in [0.1, 0.15) is 5.82 Å². The standard InChI is InChI=1S/C12H9FN4OS/c13-9-6-8(2-1-5-14)3-4-10(9)15-12(18)11-7-19-17-16-11/h3-4,6-7H,5,14H2,(H,15,18). The zero-order chi connectivity index (χ0) is 13.7. The lowest BCUT2D eigenvalue weighted by atomic mass is 10.2. The summed E-state index contributed by atoms with van der Waals surface area (Å²) in [5.74, 6) is 4.25. The number of benzene rings is 1. The zero-order valence-corrected chi connectivity index (χ0v) is 10.5. The summed E-state index contributed by atoms with van der Waals surface area (Å²) in [6.45, 7) is 0.205.